The van der Waals surface area contributed by atoms with Crippen molar-refractivity contribution < 1.29 is 4.79 Å². The van der Waals surface area contributed by atoms with Gasteiger partial charge in [0.25, 0.3) is 0 Å². The van der Waals surface area contributed by atoms with Gasteiger partial charge in [0.15, 0.2) is 0 Å². The molecule has 1 aliphatic heterocycles. The fourth-order valence-corrected chi connectivity index (χ4v) is 4.24. The normalized spacial score (nSPS) is 18.3. The van der Waals surface area contributed by atoms with Crippen molar-refractivity contribution in [2.24, 2.45) is 0 Å². The first-order valence-electron chi connectivity index (χ1n) is 8.42. The molecule has 1 heterocycles. The predicted octanol–water partition coefficient (Wildman–Crippen LogP) is 3.67. The molecule has 2 aromatic carbocycles. The molecule has 0 atom stereocenters. The third kappa shape index (κ3) is 2.40. The van der Waals surface area contributed by atoms with Crippen LogP contribution in [-0.2, 0) is 16.6 Å². The van der Waals surface area contributed by atoms with Crippen LogP contribution in [0, 0.1) is 0 Å². The molecule has 1 amide bonds. The molecule has 1 aliphatic carbocycles. The monoisotopic (exact) mass is 306 g/mol. The quantitative estimate of drug-likeness (QED) is 0.861. The minimum atomic E-state index is 0.186. The van der Waals surface area contributed by atoms with E-state index in [1.165, 1.54) is 31.2 Å². The van der Waals surface area contributed by atoms with Gasteiger partial charge in [-0.1, -0.05) is 43.2 Å². The summed E-state index contributed by atoms with van der Waals surface area (Å²) in [6.07, 6.45) is 5.39. The largest absolute Gasteiger partial charge is 0.399 e. The Morgan fingerprint density at radius 2 is 1.74 bits per heavy atom. The Labute approximate surface area is 137 Å². The van der Waals surface area contributed by atoms with Crippen LogP contribution in [0.3, 0.4) is 0 Å². The predicted molar refractivity (Wildman–Crippen MR) is 93.5 cm³/mol. The first kappa shape index (κ1) is 14.3. The smallest absolute Gasteiger partial charge is 0.231 e. The minimum Gasteiger partial charge on any atom is -0.399 e. The van der Waals surface area contributed by atoms with Crippen molar-refractivity contribution in [3.05, 3.63) is 59.7 Å². The SMILES string of the molecule is Nc1ccc(CC(=O)N2CC3(CCCC3)c3ccccc32)cc1. The molecule has 0 bridgehead atoms. The number of hydrogen-bond donors (Lipinski definition) is 1. The highest BCUT2D eigenvalue weighted by Gasteiger charge is 2.45. The topological polar surface area (TPSA) is 46.3 Å². The van der Waals surface area contributed by atoms with Crippen LogP contribution in [0.2, 0.25) is 0 Å². The molecular weight excluding hydrogens is 284 g/mol. The molecule has 23 heavy (non-hydrogen) atoms. The fourth-order valence-electron chi connectivity index (χ4n) is 4.24. The van der Waals surface area contributed by atoms with Gasteiger partial charge in [-0.3, -0.25) is 4.79 Å². The third-order valence-electron chi connectivity index (χ3n) is 5.42. The van der Waals surface area contributed by atoms with E-state index in [1.54, 1.807) is 0 Å². The van der Waals surface area contributed by atoms with Crippen LogP contribution in [0.4, 0.5) is 11.4 Å². The maximum Gasteiger partial charge on any atom is 0.231 e. The zero-order valence-corrected chi connectivity index (χ0v) is 13.3. The second kappa shape index (κ2) is 5.41. The number of nitrogens with two attached hydrogens (primary N) is 1. The summed E-state index contributed by atoms with van der Waals surface area (Å²) in [5, 5.41) is 0. The lowest BCUT2D eigenvalue weighted by Gasteiger charge is -2.24. The molecule has 4 rings (SSSR count). The Balaban J connectivity index is 1.62. The summed E-state index contributed by atoms with van der Waals surface area (Å²) in [5.41, 5.74) is 10.2. The summed E-state index contributed by atoms with van der Waals surface area (Å²) in [6.45, 7) is 0.847. The number of carbonyl (C=O) groups is 1. The number of rotatable bonds is 2. The molecular formula is C20H22N2O. The maximum absolute atomic E-state index is 12.9. The molecule has 3 nitrogen and oxygen atoms in total. The molecule has 2 aromatic rings. The number of para-hydroxylation sites is 1. The molecule has 1 fully saturated rings. The van der Waals surface area contributed by atoms with Gasteiger partial charge in [0.1, 0.15) is 0 Å². The number of nitrogens with zero attached hydrogens (tertiary/aromatic N) is 1. The molecule has 1 spiro atoms. The highest BCUT2D eigenvalue weighted by molar-refractivity contribution is 5.97. The Morgan fingerprint density at radius 1 is 1.04 bits per heavy atom. The first-order valence-corrected chi connectivity index (χ1v) is 8.42. The van der Waals surface area contributed by atoms with Gasteiger partial charge in [0, 0.05) is 23.3 Å². The lowest BCUT2D eigenvalue weighted by Crippen LogP contribution is -2.36. The van der Waals surface area contributed by atoms with Gasteiger partial charge in [-0.15, -0.1) is 0 Å². The molecule has 2 aliphatic rings. The Kier molecular flexibility index (Phi) is 3.37. The van der Waals surface area contributed by atoms with E-state index in [1.807, 2.05) is 35.2 Å². The Hall–Kier alpha value is -2.29. The van der Waals surface area contributed by atoms with Crippen molar-refractivity contribution in [3.63, 3.8) is 0 Å². The highest BCUT2D eigenvalue weighted by Crippen LogP contribution is 2.50. The number of amides is 1. The Bertz CT molecular complexity index is 730. The van der Waals surface area contributed by atoms with Crippen LogP contribution in [0.15, 0.2) is 48.5 Å². The van der Waals surface area contributed by atoms with E-state index in [2.05, 4.69) is 18.2 Å². The summed E-state index contributed by atoms with van der Waals surface area (Å²) in [7, 11) is 0. The molecule has 0 saturated heterocycles. The Morgan fingerprint density at radius 3 is 2.48 bits per heavy atom. The van der Waals surface area contributed by atoms with E-state index in [0.29, 0.717) is 6.42 Å². The highest BCUT2D eigenvalue weighted by atomic mass is 16.2. The average molecular weight is 306 g/mol. The minimum absolute atomic E-state index is 0.186. The number of benzene rings is 2. The summed E-state index contributed by atoms with van der Waals surface area (Å²) in [4.78, 5) is 14.9. The number of carbonyl (C=O) groups excluding carboxylic acids is 1. The van der Waals surface area contributed by atoms with Gasteiger partial charge < -0.3 is 10.6 Å². The maximum atomic E-state index is 12.9. The third-order valence-corrected chi connectivity index (χ3v) is 5.42. The second-order valence-electron chi connectivity index (χ2n) is 6.90. The molecule has 2 N–H and O–H groups in total. The number of fused-ring (bicyclic) bond motifs is 2. The number of nitrogen functional groups attached to an aromatic ring is 1. The van der Waals surface area contributed by atoms with Crippen LogP contribution in [0.25, 0.3) is 0 Å². The van der Waals surface area contributed by atoms with Gasteiger partial charge in [0.05, 0.1) is 6.42 Å². The van der Waals surface area contributed by atoms with Crippen molar-refractivity contribution in [2.45, 2.75) is 37.5 Å². The van der Waals surface area contributed by atoms with Crippen LogP contribution in [0.1, 0.15) is 36.8 Å². The van der Waals surface area contributed by atoms with Crippen LogP contribution in [-0.4, -0.2) is 12.5 Å². The van der Waals surface area contributed by atoms with E-state index in [4.69, 9.17) is 5.73 Å². The van der Waals surface area contributed by atoms with Gasteiger partial charge in [-0.25, -0.2) is 0 Å². The standard InChI is InChI=1S/C20H22N2O/c21-16-9-7-15(8-10-16)13-19(23)22-14-20(11-3-4-12-20)17-5-1-2-6-18(17)22/h1-2,5-10H,3-4,11-14,21H2. The van der Waals surface area contributed by atoms with Crippen LogP contribution < -0.4 is 10.6 Å². The number of anilines is 2. The van der Waals surface area contributed by atoms with Crippen molar-refractivity contribution in [1.82, 2.24) is 0 Å². The fraction of sp³-hybridized carbons (Fsp3) is 0.350. The zero-order chi connectivity index (χ0) is 15.9. The summed E-state index contributed by atoms with van der Waals surface area (Å²) in [5.74, 6) is 0.186. The average Bonchev–Trinajstić information content (AvgIpc) is 3.17. The van der Waals surface area contributed by atoms with E-state index in [0.717, 1.165) is 23.5 Å². The zero-order valence-electron chi connectivity index (χ0n) is 13.3. The van der Waals surface area contributed by atoms with Gasteiger partial charge >= 0.3 is 0 Å². The van der Waals surface area contributed by atoms with E-state index >= 15 is 0 Å². The lowest BCUT2D eigenvalue weighted by molar-refractivity contribution is -0.118. The van der Waals surface area contributed by atoms with Crippen molar-refractivity contribution in [2.75, 3.05) is 17.2 Å². The van der Waals surface area contributed by atoms with Crippen molar-refractivity contribution in [3.8, 4) is 0 Å². The van der Waals surface area contributed by atoms with Crippen LogP contribution in [0.5, 0.6) is 0 Å². The summed E-state index contributed by atoms with van der Waals surface area (Å²) >= 11 is 0. The second-order valence-corrected chi connectivity index (χ2v) is 6.90. The molecule has 0 aromatic heterocycles. The van der Waals surface area contributed by atoms with E-state index in [9.17, 15) is 4.79 Å². The molecule has 0 unspecified atom stereocenters. The lowest BCUT2D eigenvalue weighted by atomic mass is 9.81. The number of hydrogen-bond acceptors (Lipinski definition) is 2. The van der Waals surface area contributed by atoms with Gasteiger partial charge in [-0.05, 0) is 42.2 Å². The summed E-state index contributed by atoms with van der Waals surface area (Å²) < 4.78 is 0. The molecule has 0 radical (unpaired) electrons. The molecule has 118 valence electrons. The van der Waals surface area contributed by atoms with Gasteiger partial charge in [0.2, 0.25) is 5.91 Å². The van der Waals surface area contributed by atoms with E-state index < -0.39 is 0 Å². The van der Waals surface area contributed by atoms with Crippen LogP contribution >= 0.6 is 0 Å². The molecule has 3 heteroatoms. The van der Waals surface area contributed by atoms with E-state index in [-0.39, 0.29) is 11.3 Å². The summed E-state index contributed by atoms with van der Waals surface area (Å²) in [6, 6.07) is 16.1. The first-order chi connectivity index (χ1) is 11.2. The van der Waals surface area contributed by atoms with Crippen molar-refractivity contribution >= 4 is 17.3 Å². The van der Waals surface area contributed by atoms with Gasteiger partial charge in [-0.2, -0.15) is 0 Å². The molecule has 1 saturated carbocycles. The van der Waals surface area contributed by atoms with Crippen molar-refractivity contribution in [1.29, 1.82) is 0 Å².